The molecular weight excluding hydrogens is 374 g/mol. The fraction of sp³-hybridized carbons (Fsp3) is 0.250. The maximum Gasteiger partial charge on any atom is 0.202 e. The molecule has 0 amide bonds. The largest absolute Gasteiger partial charge is 0.313 e. The Balaban J connectivity index is 1.56. The van der Waals surface area contributed by atoms with Gasteiger partial charge in [0.15, 0.2) is 12.5 Å². The fourth-order valence-electron chi connectivity index (χ4n) is 3.21. The van der Waals surface area contributed by atoms with Gasteiger partial charge in [0.25, 0.3) is 0 Å². The number of aryl methyl sites for hydroxylation is 1. The van der Waals surface area contributed by atoms with Crippen LogP contribution < -0.4 is 4.90 Å². The number of aromatic nitrogens is 4. The molecule has 0 radical (unpaired) electrons. The minimum absolute atomic E-state index is 0.703. The van der Waals surface area contributed by atoms with Crippen molar-refractivity contribution in [3.63, 3.8) is 0 Å². The molecule has 4 aromatic rings. The second-order valence-electron chi connectivity index (χ2n) is 6.85. The molecule has 27 heavy (non-hydrogen) atoms. The van der Waals surface area contributed by atoms with Gasteiger partial charge in [-0.25, -0.2) is 4.98 Å². The van der Waals surface area contributed by atoms with Crippen molar-refractivity contribution < 1.29 is 4.90 Å². The molecule has 0 fully saturated rings. The molecule has 0 aliphatic heterocycles. The van der Waals surface area contributed by atoms with Gasteiger partial charge in [0.2, 0.25) is 4.77 Å². The predicted molar refractivity (Wildman–Crippen MR) is 112 cm³/mol. The van der Waals surface area contributed by atoms with Crippen molar-refractivity contribution in [3.8, 4) is 11.4 Å². The molecular formula is C20H22N5S2+. The first-order valence-electron chi connectivity index (χ1n) is 8.88. The number of para-hydroxylation sites is 1. The number of thiazole rings is 1. The van der Waals surface area contributed by atoms with Crippen LogP contribution in [0.2, 0.25) is 0 Å². The molecule has 1 N–H and O–H groups in total. The monoisotopic (exact) mass is 396 g/mol. The van der Waals surface area contributed by atoms with E-state index in [1.807, 2.05) is 34.5 Å². The third-order valence-electron chi connectivity index (χ3n) is 4.64. The molecule has 2 aromatic carbocycles. The molecule has 0 bridgehead atoms. The normalized spacial score (nSPS) is 12.6. The van der Waals surface area contributed by atoms with Crippen LogP contribution in [0.3, 0.4) is 0 Å². The van der Waals surface area contributed by atoms with Crippen LogP contribution in [0.1, 0.15) is 10.6 Å². The number of quaternary nitrogens is 1. The molecule has 0 spiro atoms. The summed E-state index contributed by atoms with van der Waals surface area (Å²) in [5.74, 6) is 0.908. The molecule has 5 nitrogen and oxygen atoms in total. The summed E-state index contributed by atoms with van der Waals surface area (Å²) in [5, 5.41) is 5.94. The van der Waals surface area contributed by atoms with Crippen molar-refractivity contribution in [1.82, 2.24) is 19.3 Å². The zero-order valence-corrected chi connectivity index (χ0v) is 17.3. The van der Waals surface area contributed by atoms with Crippen LogP contribution in [0.5, 0.6) is 0 Å². The van der Waals surface area contributed by atoms with E-state index in [4.69, 9.17) is 22.3 Å². The van der Waals surface area contributed by atoms with E-state index in [1.165, 1.54) is 15.2 Å². The third-order valence-corrected chi connectivity index (χ3v) is 6.16. The molecule has 2 aromatic heterocycles. The highest BCUT2D eigenvalue weighted by Gasteiger charge is 2.15. The maximum atomic E-state index is 5.63. The minimum atomic E-state index is 0.703. The molecule has 1 atom stereocenters. The van der Waals surface area contributed by atoms with Crippen LogP contribution in [0, 0.1) is 11.7 Å². The smallest absolute Gasteiger partial charge is 0.202 e. The van der Waals surface area contributed by atoms with Crippen LogP contribution in [0.15, 0.2) is 48.5 Å². The zero-order valence-electron chi connectivity index (χ0n) is 15.6. The number of nitrogens with one attached hydrogen (secondary N) is 1. The van der Waals surface area contributed by atoms with Gasteiger partial charge >= 0.3 is 0 Å². The van der Waals surface area contributed by atoms with Crippen molar-refractivity contribution in [2.24, 2.45) is 7.05 Å². The zero-order chi connectivity index (χ0) is 19.0. The van der Waals surface area contributed by atoms with Gasteiger partial charge in [-0.1, -0.05) is 36.4 Å². The number of hydrogen-bond acceptors (Lipinski definition) is 4. The Morgan fingerprint density at radius 2 is 1.85 bits per heavy atom. The summed E-state index contributed by atoms with van der Waals surface area (Å²) in [4.78, 5) is 6.03. The topological polar surface area (TPSA) is 40.1 Å². The van der Waals surface area contributed by atoms with Crippen LogP contribution in [-0.2, 0) is 20.3 Å². The van der Waals surface area contributed by atoms with Gasteiger partial charge in [-0.05, 0) is 36.8 Å². The van der Waals surface area contributed by atoms with Crippen molar-refractivity contribution in [2.45, 2.75) is 20.1 Å². The summed E-state index contributed by atoms with van der Waals surface area (Å²) in [5.41, 5.74) is 3.39. The quantitative estimate of drug-likeness (QED) is 0.527. The molecule has 0 aliphatic rings. The highest BCUT2D eigenvalue weighted by atomic mass is 32.1. The van der Waals surface area contributed by atoms with E-state index in [0.717, 1.165) is 33.2 Å². The fourth-order valence-corrected chi connectivity index (χ4v) is 4.49. The molecule has 1 unspecified atom stereocenters. The molecule has 0 saturated heterocycles. The number of rotatable bonds is 5. The lowest BCUT2D eigenvalue weighted by atomic mass is 10.1. The maximum absolute atomic E-state index is 5.63. The Bertz CT molecular complexity index is 1120. The summed E-state index contributed by atoms with van der Waals surface area (Å²) in [7, 11) is 4.13. The van der Waals surface area contributed by atoms with Gasteiger partial charge in [0.1, 0.15) is 11.6 Å². The van der Waals surface area contributed by atoms with Crippen LogP contribution in [0.25, 0.3) is 21.6 Å². The van der Waals surface area contributed by atoms with Gasteiger partial charge < -0.3 is 9.47 Å². The Hall–Kier alpha value is -2.35. The second-order valence-corrected chi connectivity index (χ2v) is 8.33. The van der Waals surface area contributed by atoms with E-state index in [2.05, 4.69) is 44.3 Å². The average molecular weight is 397 g/mol. The molecule has 0 saturated carbocycles. The van der Waals surface area contributed by atoms with Crippen molar-refractivity contribution >= 4 is 33.8 Å². The molecule has 7 heteroatoms. The lowest BCUT2D eigenvalue weighted by molar-refractivity contribution is -0.917. The van der Waals surface area contributed by atoms with Crippen molar-refractivity contribution in [1.29, 1.82) is 0 Å². The van der Waals surface area contributed by atoms with Gasteiger partial charge in [0.05, 0.1) is 17.3 Å². The standard InChI is InChI=1S/C20H21N5S2/c1-14-8-4-5-9-15(14)19-22-25(20(26)24(19)3)13-23(2)12-18-21-16-10-6-7-11-17(16)27-18/h4-11H,12-13H2,1-3H3/p+1. The summed E-state index contributed by atoms with van der Waals surface area (Å²) >= 11 is 7.38. The van der Waals surface area contributed by atoms with Gasteiger partial charge in [0, 0.05) is 12.6 Å². The number of nitrogens with zero attached hydrogens (tertiary/aromatic N) is 4. The minimum Gasteiger partial charge on any atom is -0.313 e. The lowest BCUT2D eigenvalue weighted by Gasteiger charge is -2.11. The Morgan fingerprint density at radius 1 is 1.11 bits per heavy atom. The summed E-state index contributed by atoms with van der Waals surface area (Å²) in [6.45, 7) is 3.65. The molecule has 2 heterocycles. The third kappa shape index (κ3) is 3.58. The Kier molecular flexibility index (Phi) is 4.90. The molecule has 4 rings (SSSR count). The number of fused-ring (bicyclic) bond motifs is 1. The van der Waals surface area contributed by atoms with E-state index in [0.29, 0.717) is 6.67 Å². The van der Waals surface area contributed by atoms with Gasteiger partial charge in [-0.15, -0.1) is 16.4 Å². The van der Waals surface area contributed by atoms with E-state index in [1.54, 1.807) is 11.3 Å². The first-order valence-corrected chi connectivity index (χ1v) is 10.1. The summed E-state index contributed by atoms with van der Waals surface area (Å²) in [6.07, 6.45) is 0. The van der Waals surface area contributed by atoms with Crippen LogP contribution in [0.4, 0.5) is 0 Å². The average Bonchev–Trinajstić information content (AvgIpc) is 3.17. The van der Waals surface area contributed by atoms with Gasteiger partial charge in [-0.3, -0.25) is 0 Å². The highest BCUT2D eigenvalue weighted by molar-refractivity contribution is 7.71. The van der Waals surface area contributed by atoms with Crippen LogP contribution >= 0.6 is 23.6 Å². The number of hydrogen-bond donors (Lipinski definition) is 1. The van der Waals surface area contributed by atoms with E-state index in [-0.39, 0.29) is 0 Å². The Labute approximate surface area is 167 Å². The Morgan fingerprint density at radius 3 is 2.63 bits per heavy atom. The summed E-state index contributed by atoms with van der Waals surface area (Å²) in [6, 6.07) is 16.5. The first kappa shape index (κ1) is 18.0. The van der Waals surface area contributed by atoms with Crippen LogP contribution in [-0.4, -0.2) is 26.4 Å². The highest BCUT2D eigenvalue weighted by Crippen LogP contribution is 2.22. The van der Waals surface area contributed by atoms with E-state index >= 15 is 0 Å². The first-order chi connectivity index (χ1) is 13.0. The van der Waals surface area contributed by atoms with E-state index in [9.17, 15) is 0 Å². The number of benzene rings is 2. The lowest BCUT2D eigenvalue weighted by Crippen LogP contribution is -3.07. The molecule has 0 aliphatic carbocycles. The van der Waals surface area contributed by atoms with Crippen molar-refractivity contribution in [2.75, 3.05) is 7.05 Å². The van der Waals surface area contributed by atoms with E-state index < -0.39 is 0 Å². The summed E-state index contributed by atoms with van der Waals surface area (Å²) < 4.78 is 5.87. The van der Waals surface area contributed by atoms with Gasteiger partial charge in [-0.2, -0.15) is 4.68 Å². The predicted octanol–water partition coefficient (Wildman–Crippen LogP) is 3.21. The second kappa shape index (κ2) is 7.34. The SMILES string of the molecule is Cc1ccccc1-c1nn(C[NH+](C)Cc2nc3ccccc3s2)c(=S)n1C. The molecule has 138 valence electrons. The van der Waals surface area contributed by atoms with Crippen molar-refractivity contribution in [3.05, 3.63) is 63.9 Å².